The third-order valence-electron chi connectivity index (χ3n) is 3.33. The first-order chi connectivity index (χ1) is 10.2. The van der Waals surface area contributed by atoms with Gasteiger partial charge in [-0.05, 0) is 23.8 Å². The second-order valence-corrected chi connectivity index (χ2v) is 5.51. The molecule has 0 saturated heterocycles. The molecule has 1 aromatic carbocycles. The first kappa shape index (κ1) is 13.5. The molecule has 2 aromatic heterocycles. The van der Waals surface area contributed by atoms with Crippen LogP contribution < -0.4 is 5.32 Å². The van der Waals surface area contributed by atoms with Gasteiger partial charge in [0.1, 0.15) is 5.82 Å². The van der Waals surface area contributed by atoms with E-state index in [1.54, 1.807) is 0 Å². The standard InChI is InChI=1S/C15H18N6/c1-10(2)7-13(15-18-20-21-19-15)17-14-8-11-5-3-4-6-12(11)9-16-14/h3-6,8-10,13H,7H2,1-2H3,(H,16,17)(H,18,19,20,21). The molecule has 0 aliphatic rings. The van der Waals surface area contributed by atoms with Crippen LogP contribution in [0.2, 0.25) is 0 Å². The van der Waals surface area contributed by atoms with Crippen molar-refractivity contribution < 1.29 is 0 Å². The molecule has 2 heterocycles. The molecule has 0 radical (unpaired) electrons. The molecule has 0 spiro atoms. The highest BCUT2D eigenvalue weighted by atomic mass is 15.5. The summed E-state index contributed by atoms with van der Waals surface area (Å²) in [6.45, 7) is 4.34. The van der Waals surface area contributed by atoms with Gasteiger partial charge in [-0.3, -0.25) is 0 Å². The summed E-state index contributed by atoms with van der Waals surface area (Å²) in [7, 11) is 0. The van der Waals surface area contributed by atoms with Crippen LogP contribution >= 0.6 is 0 Å². The Morgan fingerprint density at radius 3 is 2.71 bits per heavy atom. The summed E-state index contributed by atoms with van der Waals surface area (Å²) in [6, 6.07) is 10.2. The Hall–Kier alpha value is -2.50. The highest BCUT2D eigenvalue weighted by Crippen LogP contribution is 2.24. The molecule has 3 rings (SSSR count). The van der Waals surface area contributed by atoms with Gasteiger partial charge in [0, 0.05) is 11.6 Å². The van der Waals surface area contributed by atoms with Gasteiger partial charge in [-0.1, -0.05) is 43.3 Å². The van der Waals surface area contributed by atoms with E-state index in [0.717, 1.165) is 23.0 Å². The van der Waals surface area contributed by atoms with Crippen molar-refractivity contribution in [3.63, 3.8) is 0 Å². The van der Waals surface area contributed by atoms with Crippen LogP contribution in [-0.2, 0) is 0 Å². The first-order valence-electron chi connectivity index (χ1n) is 7.07. The van der Waals surface area contributed by atoms with Crippen molar-refractivity contribution in [2.75, 3.05) is 5.32 Å². The van der Waals surface area contributed by atoms with Crippen LogP contribution in [0, 0.1) is 5.92 Å². The van der Waals surface area contributed by atoms with Gasteiger partial charge < -0.3 is 5.32 Å². The van der Waals surface area contributed by atoms with Crippen molar-refractivity contribution in [3.05, 3.63) is 42.4 Å². The van der Waals surface area contributed by atoms with Gasteiger partial charge in [-0.2, -0.15) is 5.21 Å². The van der Waals surface area contributed by atoms with Gasteiger partial charge in [0.05, 0.1) is 6.04 Å². The summed E-state index contributed by atoms with van der Waals surface area (Å²) in [5, 5.41) is 20.0. The summed E-state index contributed by atoms with van der Waals surface area (Å²) < 4.78 is 0. The smallest absolute Gasteiger partial charge is 0.196 e. The van der Waals surface area contributed by atoms with Crippen LogP contribution in [0.1, 0.15) is 32.1 Å². The number of tetrazole rings is 1. The van der Waals surface area contributed by atoms with Crippen LogP contribution in [0.3, 0.4) is 0 Å². The van der Waals surface area contributed by atoms with Crippen molar-refractivity contribution in [1.29, 1.82) is 0 Å². The molecule has 0 aliphatic heterocycles. The van der Waals surface area contributed by atoms with E-state index in [4.69, 9.17) is 0 Å². The van der Waals surface area contributed by atoms with Gasteiger partial charge in [-0.25, -0.2) is 4.98 Å². The largest absolute Gasteiger partial charge is 0.360 e. The highest BCUT2D eigenvalue weighted by Gasteiger charge is 2.18. The van der Waals surface area contributed by atoms with Crippen molar-refractivity contribution >= 4 is 16.6 Å². The second kappa shape index (κ2) is 5.87. The molecule has 0 fully saturated rings. The Morgan fingerprint density at radius 2 is 2.00 bits per heavy atom. The molecule has 6 nitrogen and oxygen atoms in total. The lowest BCUT2D eigenvalue weighted by molar-refractivity contribution is 0.514. The predicted octanol–water partition coefficient (Wildman–Crippen LogP) is 2.95. The van der Waals surface area contributed by atoms with Crippen molar-refractivity contribution in [3.8, 4) is 0 Å². The first-order valence-corrected chi connectivity index (χ1v) is 7.07. The van der Waals surface area contributed by atoms with Gasteiger partial charge in [0.2, 0.25) is 0 Å². The maximum atomic E-state index is 4.47. The monoisotopic (exact) mass is 282 g/mol. The number of aromatic nitrogens is 5. The number of hydrogen-bond donors (Lipinski definition) is 2. The minimum Gasteiger partial charge on any atom is -0.360 e. The van der Waals surface area contributed by atoms with E-state index in [1.165, 1.54) is 0 Å². The quantitative estimate of drug-likeness (QED) is 0.752. The summed E-state index contributed by atoms with van der Waals surface area (Å²) in [5.41, 5.74) is 0. The molecule has 0 amide bonds. The summed E-state index contributed by atoms with van der Waals surface area (Å²) in [5.74, 6) is 2.00. The van der Waals surface area contributed by atoms with E-state index in [1.807, 2.05) is 24.4 Å². The zero-order chi connectivity index (χ0) is 14.7. The van der Waals surface area contributed by atoms with E-state index in [9.17, 15) is 0 Å². The maximum absolute atomic E-state index is 4.47. The molecule has 6 heteroatoms. The topological polar surface area (TPSA) is 79.4 Å². The number of benzene rings is 1. The van der Waals surface area contributed by atoms with Gasteiger partial charge in [0.25, 0.3) is 0 Å². The number of rotatable bonds is 5. The molecule has 2 N–H and O–H groups in total. The Balaban J connectivity index is 1.86. The molecule has 21 heavy (non-hydrogen) atoms. The lowest BCUT2D eigenvalue weighted by Gasteiger charge is -2.18. The van der Waals surface area contributed by atoms with Gasteiger partial charge in [0.15, 0.2) is 5.82 Å². The molecular formula is C15H18N6. The van der Waals surface area contributed by atoms with Crippen LogP contribution in [-0.4, -0.2) is 25.6 Å². The minimum absolute atomic E-state index is 0.00240. The van der Waals surface area contributed by atoms with Crippen molar-refractivity contribution in [2.24, 2.45) is 5.92 Å². The van der Waals surface area contributed by atoms with Crippen LogP contribution in [0.15, 0.2) is 36.5 Å². The van der Waals surface area contributed by atoms with E-state index in [-0.39, 0.29) is 6.04 Å². The molecule has 0 aliphatic carbocycles. The Morgan fingerprint density at radius 1 is 1.19 bits per heavy atom. The zero-order valence-electron chi connectivity index (χ0n) is 12.1. The number of aromatic amines is 1. The highest BCUT2D eigenvalue weighted by molar-refractivity contribution is 5.83. The van der Waals surface area contributed by atoms with E-state index >= 15 is 0 Å². The predicted molar refractivity (Wildman–Crippen MR) is 81.7 cm³/mol. The average molecular weight is 282 g/mol. The van der Waals surface area contributed by atoms with Crippen molar-refractivity contribution in [2.45, 2.75) is 26.3 Å². The number of hydrogen-bond acceptors (Lipinski definition) is 5. The third-order valence-corrected chi connectivity index (χ3v) is 3.33. The fraction of sp³-hybridized carbons (Fsp3) is 0.333. The van der Waals surface area contributed by atoms with Crippen LogP contribution in [0.5, 0.6) is 0 Å². The normalized spacial score (nSPS) is 12.7. The lowest BCUT2D eigenvalue weighted by atomic mass is 10.0. The van der Waals surface area contributed by atoms with Gasteiger partial charge >= 0.3 is 0 Å². The summed E-state index contributed by atoms with van der Waals surface area (Å²) >= 11 is 0. The number of nitrogens with one attached hydrogen (secondary N) is 2. The zero-order valence-corrected chi connectivity index (χ0v) is 12.1. The Labute approximate surface area is 123 Å². The van der Waals surface area contributed by atoms with E-state index in [2.05, 4.69) is 56.9 Å². The molecule has 1 unspecified atom stereocenters. The minimum atomic E-state index is -0.00240. The maximum Gasteiger partial charge on any atom is 0.196 e. The summed E-state index contributed by atoms with van der Waals surface area (Å²) in [6.07, 6.45) is 2.79. The SMILES string of the molecule is CC(C)CC(Nc1cc2ccccc2cn1)c1nn[nH]n1. The van der Waals surface area contributed by atoms with Crippen LogP contribution in [0.4, 0.5) is 5.82 Å². The molecule has 0 saturated carbocycles. The van der Waals surface area contributed by atoms with Crippen molar-refractivity contribution in [1.82, 2.24) is 25.6 Å². The molecule has 108 valence electrons. The molecular weight excluding hydrogens is 264 g/mol. The molecule has 1 atom stereocenters. The average Bonchev–Trinajstić information content (AvgIpc) is 3.00. The van der Waals surface area contributed by atoms with Crippen LogP contribution in [0.25, 0.3) is 10.8 Å². The number of anilines is 1. The Bertz CT molecular complexity index is 707. The number of nitrogens with zero attached hydrogens (tertiary/aromatic N) is 4. The Kier molecular flexibility index (Phi) is 3.77. The van der Waals surface area contributed by atoms with Gasteiger partial charge in [-0.15, -0.1) is 10.2 Å². The second-order valence-electron chi connectivity index (χ2n) is 5.51. The van der Waals surface area contributed by atoms with E-state index in [0.29, 0.717) is 11.7 Å². The third kappa shape index (κ3) is 3.16. The summed E-state index contributed by atoms with van der Waals surface area (Å²) in [4.78, 5) is 4.47. The fourth-order valence-electron chi connectivity index (χ4n) is 2.36. The lowest BCUT2D eigenvalue weighted by Crippen LogP contribution is -2.15. The fourth-order valence-corrected chi connectivity index (χ4v) is 2.36. The number of pyridine rings is 1. The molecule has 3 aromatic rings. The number of H-pyrrole nitrogens is 1. The number of fused-ring (bicyclic) bond motifs is 1. The molecule has 0 bridgehead atoms. The van der Waals surface area contributed by atoms with E-state index < -0.39 is 0 Å².